The van der Waals surface area contributed by atoms with Gasteiger partial charge in [0.05, 0.1) is 0 Å². The summed E-state index contributed by atoms with van der Waals surface area (Å²) in [6.45, 7) is 4.96. The number of Topliss-reactive ketones (excluding diaryl/α,β-unsaturated/α-hetero) is 2. The summed E-state index contributed by atoms with van der Waals surface area (Å²) in [6.07, 6.45) is 0.401. The topological polar surface area (TPSA) is 34.1 Å². The molecule has 0 aromatic rings. The molecule has 0 atom stereocenters. The van der Waals surface area contributed by atoms with E-state index in [-0.39, 0.29) is 5.78 Å². The van der Waals surface area contributed by atoms with Crippen molar-refractivity contribution in [3.63, 3.8) is 0 Å². The molecule has 0 aliphatic heterocycles. The Balaban J connectivity index is 3.96. The zero-order valence-electron chi connectivity index (χ0n) is 6.44. The van der Waals surface area contributed by atoms with Gasteiger partial charge >= 0.3 is 0 Å². The van der Waals surface area contributed by atoms with Gasteiger partial charge in [-0.3, -0.25) is 9.59 Å². The largest absolute Gasteiger partial charge is 0.291 e. The van der Waals surface area contributed by atoms with Crippen LogP contribution in [0.3, 0.4) is 0 Å². The van der Waals surface area contributed by atoms with E-state index in [0.717, 1.165) is 16.3 Å². The predicted molar refractivity (Wildman–Crippen MR) is 44.2 cm³/mol. The molecule has 0 aliphatic carbocycles. The Labute approximate surface area is 63.7 Å². The van der Waals surface area contributed by atoms with E-state index in [2.05, 4.69) is 6.58 Å². The number of carbonyl (C=O) groups is 2. The van der Waals surface area contributed by atoms with Crippen molar-refractivity contribution in [2.45, 2.75) is 19.4 Å². The van der Waals surface area contributed by atoms with E-state index >= 15 is 0 Å². The van der Waals surface area contributed by atoms with Crippen LogP contribution >= 0.6 is 0 Å². The molecule has 3 heteroatoms. The third-order valence-corrected chi connectivity index (χ3v) is 1.62. The number of hydrogen-bond acceptors (Lipinski definition) is 2. The summed E-state index contributed by atoms with van der Waals surface area (Å²) in [5.74, 6) is -0.696. The van der Waals surface area contributed by atoms with Gasteiger partial charge in [0.2, 0.25) is 11.6 Å². The van der Waals surface area contributed by atoms with Crippen LogP contribution in [0.1, 0.15) is 13.3 Å². The zero-order valence-corrected chi connectivity index (χ0v) is 8.44. The minimum absolute atomic E-state index is 0.289. The Kier molecular flexibility index (Phi) is 3.87. The summed E-state index contributed by atoms with van der Waals surface area (Å²) in [6, 6.07) is 0.859. The van der Waals surface area contributed by atoms with Crippen LogP contribution in [0.15, 0.2) is 12.2 Å². The van der Waals surface area contributed by atoms with E-state index < -0.39 is 5.78 Å². The maximum Gasteiger partial charge on any atom is 0.223 e. The first kappa shape index (κ1) is 9.30. The second-order valence-corrected chi connectivity index (χ2v) is 3.28. The second kappa shape index (κ2) is 4.17. The van der Waals surface area contributed by atoms with Crippen molar-refractivity contribution < 1.29 is 9.59 Å². The molecule has 2 nitrogen and oxygen atoms in total. The maximum absolute atomic E-state index is 10.8. The van der Waals surface area contributed by atoms with Crippen LogP contribution in [-0.2, 0) is 9.59 Å². The van der Waals surface area contributed by atoms with Crippen molar-refractivity contribution in [1.82, 2.24) is 0 Å². The van der Waals surface area contributed by atoms with Crippen molar-refractivity contribution in [3.05, 3.63) is 12.2 Å². The summed E-state index contributed by atoms with van der Waals surface area (Å²) in [5, 5.41) is 0. The Morgan fingerprint density at radius 2 is 2.00 bits per heavy atom. The molecular formula is C7H12O2Si. The Morgan fingerprint density at radius 3 is 2.30 bits per heavy atom. The van der Waals surface area contributed by atoms with Crippen LogP contribution < -0.4 is 0 Å². The van der Waals surface area contributed by atoms with Gasteiger partial charge in [-0.2, -0.15) is 0 Å². The van der Waals surface area contributed by atoms with Gasteiger partial charge in [0.15, 0.2) is 0 Å². The van der Waals surface area contributed by atoms with E-state index in [9.17, 15) is 9.59 Å². The second-order valence-electron chi connectivity index (χ2n) is 2.28. The molecule has 0 aromatic carbocycles. The van der Waals surface area contributed by atoms with Crippen molar-refractivity contribution >= 4 is 21.8 Å². The molecule has 0 bridgehead atoms. The third-order valence-electron chi connectivity index (χ3n) is 1.12. The summed E-state index contributed by atoms with van der Waals surface area (Å²) in [5.41, 5.74) is 0.347. The summed E-state index contributed by atoms with van der Waals surface area (Å²) < 4.78 is 0. The van der Waals surface area contributed by atoms with Crippen molar-refractivity contribution in [1.29, 1.82) is 0 Å². The van der Waals surface area contributed by atoms with Crippen molar-refractivity contribution in [2.24, 2.45) is 0 Å². The minimum Gasteiger partial charge on any atom is -0.291 e. The molecule has 0 aromatic heterocycles. The first-order valence-electron chi connectivity index (χ1n) is 3.32. The molecular weight excluding hydrogens is 144 g/mol. The van der Waals surface area contributed by atoms with Gasteiger partial charge in [0.1, 0.15) is 0 Å². The molecule has 0 saturated carbocycles. The average molecular weight is 156 g/mol. The van der Waals surface area contributed by atoms with Gasteiger partial charge in [0.25, 0.3) is 0 Å². The SMILES string of the molecule is C=C(C)C(=O)C(=O)CC[SiH3]. The van der Waals surface area contributed by atoms with E-state index in [4.69, 9.17) is 0 Å². The normalized spacial score (nSPS) is 9.30. The average Bonchev–Trinajstić information content (AvgIpc) is 1.87. The number of allylic oxidation sites excluding steroid dienone is 1. The van der Waals surface area contributed by atoms with E-state index in [1.54, 1.807) is 6.92 Å². The van der Waals surface area contributed by atoms with E-state index in [1.807, 2.05) is 0 Å². The lowest BCUT2D eigenvalue weighted by Gasteiger charge is -1.94. The summed E-state index contributed by atoms with van der Waals surface area (Å²) in [7, 11) is 0.976. The van der Waals surface area contributed by atoms with Gasteiger partial charge in [-0.25, -0.2) is 0 Å². The summed E-state index contributed by atoms with van der Waals surface area (Å²) in [4.78, 5) is 21.6. The molecule has 0 heterocycles. The first-order chi connectivity index (χ1) is 4.59. The highest BCUT2D eigenvalue weighted by molar-refractivity contribution is 6.43. The fourth-order valence-corrected chi connectivity index (χ4v) is 1.03. The third kappa shape index (κ3) is 2.73. The lowest BCUT2D eigenvalue weighted by atomic mass is 10.1. The molecule has 0 spiro atoms. The highest BCUT2D eigenvalue weighted by atomic mass is 28.1. The van der Waals surface area contributed by atoms with Gasteiger partial charge in [0, 0.05) is 16.7 Å². The van der Waals surface area contributed by atoms with Crippen LogP contribution in [0.2, 0.25) is 6.04 Å². The molecule has 56 valence electrons. The van der Waals surface area contributed by atoms with Crippen molar-refractivity contribution in [3.8, 4) is 0 Å². The molecule has 0 rings (SSSR count). The fourth-order valence-electron chi connectivity index (χ4n) is 0.579. The lowest BCUT2D eigenvalue weighted by molar-refractivity contribution is -0.134. The van der Waals surface area contributed by atoms with Crippen LogP contribution in [0, 0.1) is 0 Å². The Morgan fingerprint density at radius 1 is 1.50 bits per heavy atom. The van der Waals surface area contributed by atoms with Crippen LogP contribution in [0.5, 0.6) is 0 Å². The summed E-state index contributed by atoms with van der Waals surface area (Å²) >= 11 is 0. The molecule has 0 amide bonds. The number of hydrogen-bond donors (Lipinski definition) is 0. The standard InChI is InChI=1S/C7H12O2Si/c1-5(2)7(9)6(8)3-4-10/h1,3-4H2,2,10H3. The quantitative estimate of drug-likeness (QED) is 0.323. The number of ketones is 2. The molecule has 0 saturated heterocycles. The Bertz CT molecular complexity index is 172. The smallest absolute Gasteiger partial charge is 0.223 e. The van der Waals surface area contributed by atoms with Gasteiger partial charge in [-0.15, -0.1) is 0 Å². The predicted octanol–water partition coefficient (Wildman–Crippen LogP) is -0.126. The fraction of sp³-hybridized carbons (Fsp3) is 0.429. The Hall–Kier alpha value is -0.703. The van der Waals surface area contributed by atoms with Crippen LogP contribution in [0.4, 0.5) is 0 Å². The van der Waals surface area contributed by atoms with Gasteiger partial charge < -0.3 is 0 Å². The molecule has 0 unspecified atom stereocenters. The maximum atomic E-state index is 10.8. The molecule has 0 radical (unpaired) electrons. The highest BCUT2D eigenvalue weighted by Gasteiger charge is 2.11. The first-order valence-corrected chi connectivity index (χ1v) is 4.74. The highest BCUT2D eigenvalue weighted by Crippen LogP contribution is 1.96. The minimum atomic E-state index is -0.407. The number of rotatable bonds is 4. The molecule has 0 fully saturated rings. The monoisotopic (exact) mass is 156 g/mol. The lowest BCUT2D eigenvalue weighted by Crippen LogP contribution is -2.13. The molecule has 0 N–H and O–H groups in total. The van der Waals surface area contributed by atoms with E-state index in [0.29, 0.717) is 12.0 Å². The van der Waals surface area contributed by atoms with Gasteiger partial charge in [-0.05, 0) is 12.5 Å². The van der Waals surface area contributed by atoms with Crippen molar-refractivity contribution in [2.75, 3.05) is 0 Å². The number of carbonyl (C=O) groups excluding carboxylic acids is 2. The zero-order chi connectivity index (χ0) is 8.15. The molecule has 0 aliphatic rings. The van der Waals surface area contributed by atoms with Crippen LogP contribution in [-0.4, -0.2) is 21.8 Å². The van der Waals surface area contributed by atoms with Gasteiger partial charge in [-0.1, -0.05) is 12.6 Å². The van der Waals surface area contributed by atoms with Crippen LogP contribution in [0.25, 0.3) is 0 Å². The molecule has 10 heavy (non-hydrogen) atoms. The van der Waals surface area contributed by atoms with E-state index in [1.165, 1.54) is 0 Å².